The first-order valence-electron chi connectivity index (χ1n) is 7.94. The summed E-state index contributed by atoms with van der Waals surface area (Å²) in [6.07, 6.45) is 1.11. The van der Waals surface area contributed by atoms with E-state index < -0.39 is 10.0 Å². The number of nitrogens with one attached hydrogen (secondary N) is 2. The van der Waals surface area contributed by atoms with Crippen molar-refractivity contribution in [2.75, 3.05) is 23.4 Å². The Kier molecular flexibility index (Phi) is 5.01. The van der Waals surface area contributed by atoms with E-state index in [1.807, 2.05) is 11.4 Å². The Morgan fingerprint density at radius 3 is 2.58 bits per heavy atom. The minimum atomic E-state index is -3.36. The summed E-state index contributed by atoms with van der Waals surface area (Å²) >= 11 is 1.51. The van der Waals surface area contributed by atoms with Crippen LogP contribution >= 0.6 is 11.3 Å². The summed E-state index contributed by atoms with van der Waals surface area (Å²) in [5.74, 6) is 0.655. The lowest BCUT2D eigenvalue weighted by Crippen LogP contribution is -2.09. The van der Waals surface area contributed by atoms with E-state index in [0.717, 1.165) is 22.5 Å². The lowest BCUT2D eigenvalue weighted by atomic mass is 10.1. The molecule has 0 aliphatic carbocycles. The van der Waals surface area contributed by atoms with Crippen molar-refractivity contribution in [1.29, 1.82) is 0 Å². The van der Waals surface area contributed by atoms with E-state index >= 15 is 0 Å². The van der Waals surface area contributed by atoms with E-state index in [1.165, 1.54) is 11.3 Å². The summed E-state index contributed by atoms with van der Waals surface area (Å²) in [4.78, 5) is 9.20. The van der Waals surface area contributed by atoms with Gasteiger partial charge in [-0.3, -0.25) is 4.72 Å². The van der Waals surface area contributed by atoms with Crippen molar-refractivity contribution in [3.8, 4) is 17.1 Å². The van der Waals surface area contributed by atoms with Gasteiger partial charge in [0.25, 0.3) is 0 Å². The first kappa shape index (κ1) is 18.4. The SMILES string of the molecule is COc1cc(-c2csc(NC(C)C)n2)nc2cc(NS(C)(=O)=O)ccc12. The third-order valence-corrected chi connectivity index (χ3v) is 4.85. The number of nitrogens with zero attached hydrogens (tertiary/aromatic N) is 2. The summed E-state index contributed by atoms with van der Waals surface area (Å²) in [5, 5.41) is 6.81. The van der Waals surface area contributed by atoms with Gasteiger partial charge in [0.05, 0.1) is 30.3 Å². The second kappa shape index (κ2) is 7.08. The number of fused-ring (bicyclic) bond motifs is 1. The average molecular weight is 393 g/mol. The second-order valence-corrected chi connectivity index (χ2v) is 8.76. The molecule has 0 aliphatic heterocycles. The van der Waals surface area contributed by atoms with E-state index in [0.29, 0.717) is 22.6 Å². The number of methoxy groups -OCH3 is 1. The average Bonchev–Trinajstić information content (AvgIpc) is 2.99. The second-order valence-electron chi connectivity index (χ2n) is 6.15. The molecule has 2 aromatic heterocycles. The van der Waals surface area contributed by atoms with Gasteiger partial charge < -0.3 is 10.1 Å². The molecule has 7 nitrogen and oxygen atoms in total. The van der Waals surface area contributed by atoms with E-state index in [2.05, 4.69) is 33.9 Å². The van der Waals surface area contributed by atoms with Crippen LogP contribution in [-0.2, 0) is 10.0 Å². The summed E-state index contributed by atoms with van der Waals surface area (Å²) in [6, 6.07) is 7.27. The zero-order valence-corrected chi connectivity index (χ0v) is 16.5. The van der Waals surface area contributed by atoms with E-state index in [4.69, 9.17) is 4.74 Å². The van der Waals surface area contributed by atoms with Gasteiger partial charge in [-0.05, 0) is 32.0 Å². The zero-order valence-electron chi connectivity index (χ0n) is 14.9. The van der Waals surface area contributed by atoms with E-state index in [1.54, 1.807) is 25.3 Å². The van der Waals surface area contributed by atoms with Gasteiger partial charge in [0.1, 0.15) is 11.4 Å². The topological polar surface area (TPSA) is 93.2 Å². The predicted molar refractivity (Wildman–Crippen MR) is 107 cm³/mol. The molecule has 0 spiro atoms. The van der Waals surface area contributed by atoms with Crippen LogP contribution in [0.15, 0.2) is 29.6 Å². The van der Waals surface area contributed by atoms with Gasteiger partial charge in [-0.25, -0.2) is 18.4 Å². The molecule has 26 heavy (non-hydrogen) atoms. The maximum absolute atomic E-state index is 11.5. The zero-order chi connectivity index (χ0) is 18.9. The third kappa shape index (κ3) is 4.23. The molecule has 0 atom stereocenters. The van der Waals surface area contributed by atoms with Gasteiger partial charge in [-0.15, -0.1) is 11.3 Å². The van der Waals surface area contributed by atoms with Crippen molar-refractivity contribution in [2.45, 2.75) is 19.9 Å². The number of rotatable bonds is 6. The van der Waals surface area contributed by atoms with E-state index in [9.17, 15) is 8.42 Å². The molecule has 0 radical (unpaired) electrons. The van der Waals surface area contributed by atoms with Crippen LogP contribution in [0.25, 0.3) is 22.3 Å². The van der Waals surface area contributed by atoms with Crippen molar-refractivity contribution in [2.24, 2.45) is 0 Å². The number of sulfonamides is 1. The Balaban J connectivity index is 2.07. The van der Waals surface area contributed by atoms with Gasteiger partial charge in [0.2, 0.25) is 10.0 Å². The van der Waals surface area contributed by atoms with Crippen molar-refractivity contribution in [3.05, 3.63) is 29.6 Å². The summed E-state index contributed by atoms with van der Waals surface area (Å²) in [6.45, 7) is 4.10. The fraction of sp³-hybridized carbons (Fsp3) is 0.294. The number of pyridine rings is 1. The molecule has 0 saturated carbocycles. The highest BCUT2D eigenvalue weighted by Crippen LogP contribution is 2.32. The molecule has 0 unspecified atom stereocenters. The molecule has 2 N–H and O–H groups in total. The number of hydrogen-bond donors (Lipinski definition) is 2. The van der Waals surface area contributed by atoms with Gasteiger partial charge in [0, 0.05) is 22.9 Å². The smallest absolute Gasteiger partial charge is 0.229 e. The van der Waals surface area contributed by atoms with Crippen LogP contribution in [0.3, 0.4) is 0 Å². The number of thiazole rings is 1. The number of hydrogen-bond acceptors (Lipinski definition) is 7. The molecule has 0 fully saturated rings. The molecule has 9 heteroatoms. The predicted octanol–water partition coefficient (Wildman–Crippen LogP) is 3.56. The van der Waals surface area contributed by atoms with Crippen LogP contribution in [0.5, 0.6) is 5.75 Å². The maximum Gasteiger partial charge on any atom is 0.229 e. The Morgan fingerprint density at radius 2 is 1.92 bits per heavy atom. The lowest BCUT2D eigenvalue weighted by molar-refractivity contribution is 0.419. The highest BCUT2D eigenvalue weighted by molar-refractivity contribution is 7.92. The number of ether oxygens (including phenoxy) is 1. The summed E-state index contributed by atoms with van der Waals surface area (Å²) < 4.78 is 30.9. The van der Waals surface area contributed by atoms with Crippen molar-refractivity contribution >= 4 is 43.1 Å². The Bertz CT molecular complexity index is 1050. The highest BCUT2D eigenvalue weighted by Gasteiger charge is 2.13. The maximum atomic E-state index is 11.5. The van der Waals surface area contributed by atoms with Gasteiger partial charge in [-0.2, -0.15) is 0 Å². The van der Waals surface area contributed by atoms with Gasteiger partial charge >= 0.3 is 0 Å². The molecular weight excluding hydrogens is 372 g/mol. The summed E-state index contributed by atoms with van der Waals surface area (Å²) in [5.41, 5.74) is 2.48. The minimum Gasteiger partial charge on any atom is -0.496 e. The van der Waals surface area contributed by atoms with Crippen LogP contribution in [0.4, 0.5) is 10.8 Å². The normalized spacial score (nSPS) is 11.7. The van der Waals surface area contributed by atoms with Gasteiger partial charge in [0.15, 0.2) is 5.13 Å². The fourth-order valence-corrected chi connectivity index (χ4v) is 3.89. The number of benzene rings is 1. The standard InChI is InChI=1S/C17H20N4O3S2/c1-10(2)18-17-20-15(9-25-17)14-8-16(24-3)12-6-5-11(7-13(12)19-14)21-26(4,22)23/h5-10,21H,1-4H3,(H,18,20). The highest BCUT2D eigenvalue weighted by atomic mass is 32.2. The Labute approximate surface area is 156 Å². The van der Waals surface area contributed by atoms with Crippen molar-refractivity contribution in [3.63, 3.8) is 0 Å². The van der Waals surface area contributed by atoms with Crippen LogP contribution in [-0.4, -0.2) is 37.8 Å². The molecule has 1 aromatic carbocycles. The first-order valence-corrected chi connectivity index (χ1v) is 10.7. The molecule has 2 heterocycles. The fourth-order valence-electron chi connectivity index (χ4n) is 2.48. The number of anilines is 2. The molecular formula is C17H20N4O3S2. The number of aromatic nitrogens is 2. The van der Waals surface area contributed by atoms with Crippen LogP contribution in [0.1, 0.15) is 13.8 Å². The van der Waals surface area contributed by atoms with Crippen LogP contribution in [0.2, 0.25) is 0 Å². The van der Waals surface area contributed by atoms with Crippen LogP contribution in [0, 0.1) is 0 Å². The molecule has 0 bridgehead atoms. The Morgan fingerprint density at radius 1 is 1.15 bits per heavy atom. The lowest BCUT2D eigenvalue weighted by Gasteiger charge is -2.10. The monoisotopic (exact) mass is 392 g/mol. The minimum absolute atomic E-state index is 0.290. The molecule has 3 aromatic rings. The Hall–Kier alpha value is -2.39. The van der Waals surface area contributed by atoms with Crippen LogP contribution < -0.4 is 14.8 Å². The molecule has 138 valence electrons. The quantitative estimate of drug-likeness (QED) is 0.666. The van der Waals surface area contributed by atoms with Gasteiger partial charge in [-0.1, -0.05) is 0 Å². The molecule has 0 aliphatic rings. The van der Waals surface area contributed by atoms with Crippen molar-refractivity contribution in [1.82, 2.24) is 9.97 Å². The molecule has 0 saturated heterocycles. The summed E-state index contributed by atoms with van der Waals surface area (Å²) in [7, 11) is -1.77. The molecule has 3 rings (SSSR count). The molecule has 0 amide bonds. The van der Waals surface area contributed by atoms with E-state index in [-0.39, 0.29) is 6.04 Å². The largest absolute Gasteiger partial charge is 0.496 e. The van der Waals surface area contributed by atoms with Crippen molar-refractivity contribution < 1.29 is 13.2 Å². The third-order valence-electron chi connectivity index (χ3n) is 3.47. The first-order chi connectivity index (χ1) is 12.2.